The summed E-state index contributed by atoms with van der Waals surface area (Å²) in [5.41, 5.74) is 0.871. The maximum atomic E-state index is 11.7. The number of benzene rings is 1. The highest BCUT2D eigenvalue weighted by molar-refractivity contribution is 6.30. The van der Waals surface area contributed by atoms with E-state index in [2.05, 4.69) is 5.32 Å². The molecule has 4 heteroatoms. The molecule has 1 aromatic carbocycles. The first-order valence-corrected chi connectivity index (χ1v) is 6.05. The van der Waals surface area contributed by atoms with Crippen LogP contribution < -0.4 is 5.32 Å². The van der Waals surface area contributed by atoms with Crippen molar-refractivity contribution in [2.24, 2.45) is 5.92 Å². The smallest absolute Gasteiger partial charge is 0.224 e. The van der Waals surface area contributed by atoms with E-state index in [1.54, 1.807) is 12.1 Å². The summed E-state index contributed by atoms with van der Waals surface area (Å²) in [6.07, 6.45) is 0.282. The van der Waals surface area contributed by atoms with Crippen LogP contribution in [0.5, 0.6) is 0 Å². The molecule has 0 aromatic heterocycles. The molecule has 0 heterocycles. The zero-order chi connectivity index (χ0) is 12.8. The summed E-state index contributed by atoms with van der Waals surface area (Å²) in [7, 11) is 0. The highest BCUT2D eigenvalue weighted by Gasteiger charge is 2.15. The van der Waals surface area contributed by atoms with E-state index in [1.165, 1.54) is 0 Å². The van der Waals surface area contributed by atoms with E-state index in [-0.39, 0.29) is 30.9 Å². The third kappa shape index (κ3) is 4.75. The predicted molar refractivity (Wildman–Crippen MR) is 69.0 cm³/mol. The van der Waals surface area contributed by atoms with E-state index >= 15 is 0 Å². The van der Waals surface area contributed by atoms with Gasteiger partial charge >= 0.3 is 0 Å². The van der Waals surface area contributed by atoms with Crippen molar-refractivity contribution in [1.82, 2.24) is 5.32 Å². The van der Waals surface area contributed by atoms with Crippen LogP contribution in [-0.2, 0) is 11.2 Å². The van der Waals surface area contributed by atoms with Crippen molar-refractivity contribution in [3.05, 3.63) is 34.9 Å². The van der Waals surface area contributed by atoms with Crippen LogP contribution in [0.4, 0.5) is 0 Å². The monoisotopic (exact) mass is 255 g/mol. The summed E-state index contributed by atoms with van der Waals surface area (Å²) < 4.78 is 0. The Morgan fingerprint density at radius 1 is 1.47 bits per heavy atom. The van der Waals surface area contributed by atoms with E-state index < -0.39 is 0 Å². The van der Waals surface area contributed by atoms with E-state index in [1.807, 2.05) is 26.0 Å². The predicted octanol–water partition coefficient (Wildman–Crippen LogP) is 2.02. The topological polar surface area (TPSA) is 49.3 Å². The summed E-state index contributed by atoms with van der Waals surface area (Å²) in [6.45, 7) is 3.88. The van der Waals surface area contributed by atoms with Gasteiger partial charge in [0.2, 0.25) is 5.91 Å². The zero-order valence-corrected chi connectivity index (χ0v) is 10.9. The number of carbonyl (C=O) groups excluding carboxylic acids is 1. The van der Waals surface area contributed by atoms with Crippen LogP contribution in [0.25, 0.3) is 0 Å². The Morgan fingerprint density at radius 2 is 2.18 bits per heavy atom. The van der Waals surface area contributed by atoms with Gasteiger partial charge in [0, 0.05) is 5.02 Å². The molecule has 1 amide bonds. The lowest BCUT2D eigenvalue weighted by Gasteiger charge is -2.19. The van der Waals surface area contributed by atoms with Crippen LogP contribution in [0, 0.1) is 5.92 Å². The number of hydrogen-bond donors (Lipinski definition) is 2. The van der Waals surface area contributed by atoms with Gasteiger partial charge in [-0.2, -0.15) is 0 Å². The SMILES string of the molecule is CC(C)[C@@H](CO)NC(=O)Cc1cccc(Cl)c1. The van der Waals surface area contributed by atoms with Gasteiger partial charge in [0.15, 0.2) is 0 Å². The number of nitrogens with one attached hydrogen (secondary N) is 1. The van der Waals surface area contributed by atoms with Crippen LogP contribution in [0.15, 0.2) is 24.3 Å². The van der Waals surface area contributed by atoms with Gasteiger partial charge in [0.1, 0.15) is 0 Å². The van der Waals surface area contributed by atoms with Gasteiger partial charge in [-0.25, -0.2) is 0 Å². The second kappa shape index (κ2) is 6.62. The lowest BCUT2D eigenvalue weighted by Crippen LogP contribution is -2.41. The van der Waals surface area contributed by atoms with E-state index in [4.69, 9.17) is 16.7 Å². The van der Waals surface area contributed by atoms with E-state index in [9.17, 15) is 4.79 Å². The van der Waals surface area contributed by atoms with E-state index in [0.717, 1.165) is 5.56 Å². The standard InChI is InChI=1S/C13H18ClNO2/c1-9(2)12(8-16)15-13(17)7-10-4-3-5-11(14)6-10/h3-6,9,12,16H,7-8H2,1-2H3,(H,15,17)/t12-/m1/s1. The van der Waals surface area contributed by atoms with Gasteiger partial charge in [-0.15, -0.1) is 0 Å². The van der Waals surface area contributed by atoms with Gasteiger partial charge in [-0.05, 0) is 23.6 Å². The average molecular weight is 256 g/mol. The number of aliphatic hydroxyl groups excluding tert-OH is 1. The summed E-state index contributed by atoms with van der Waals surface area (Å²) in [5, 5.41) is 12.5. The van der Waals surface area contributed by atoms with Crippen LogP contribution in [0.3, 0.4) is 0 Å². The Bertz CT molecular complexity index is 379. The molecule has 0 spiro atoms. The third-order valence-electron chi connectivity index (χ3n) is 2.60. The molecule has 0 aliphatic heterocycles. The van der Waals surface area contributed by atoms with Gasteiger partial charge in [-0.3, -0.25) is 4.79 Å². The largest absolute Gasteiger partial charge is 0.394 e. The van der Waals surface area contributed by atoms with Crippen molar-refractivity contribution >= 4 is 17.5 Å². The summed E-state index contributed by atoms with van der Waals surface area (Å²) in [5.74, 6) is 0.114. The Kier molecular flexibility index (Phi) is 5.45. The second-order valence-electron chi connectivity index (χ2n) is 4.41. The Hall–Kier alpha value is -1.06. The molecule has 0 bridgehead atoms. The quantitative estimate of drug-likeness (QED) is 0.846. The Balaban J connectivity index is 2.55. The molecule has 0 unspecified atom stereocenters. The van der Waals surface area contributed by atoms with Gasteiger partial charge < -0.3 is 10.4 Å². The molecule has 1 rings (SSSR count). The van der Waals surface area contributed by atoms with Crippen molar-refractivity contribution in [2.45, 2.75) is 26.3 Å². The molecule has 0 aliphatic rings. The first kappa shape index (κ1) is 14.0. The molecule has 1 atom stereocenters. The highest BCUT2D eigenvalue weighted by atomic mass is 35.5. The van der Waals surface area contributed by atoms with Gasteiger partial charge in [0.25, 0.3) is 0 Å². The van der Waals surface area contributed by atoms with Gasteiger partial charge in [-0.1, -0.05) is 37.6 Å². The van der Waals surface area contributed by atoms with Crippen molar-refractivity contribution in [1.29, 1.82) is 0 Å². The summed E-state index contributed by atoms with van der Waals surface area (Å²) >= 11 is 5.84. The lowest BCUT2D eigenvalue weighted by molar-refractivity contribution is -0.121. The van der Waals surface area contributed by atoms with Crippen molar-refractivity contribution in [3.8, 4) is 0 Å². The molecule has 0 fully saturated rings. The van der Waals surface area contributed by atoms with Crippen LogP contribution in [0.2, 0.25) is 5.02 Å². The highest BCUT2D eigenvalue weighted by Crippen LogP contribution is 2.11. The number of rotatable bonds is 5. The molecule has 0 aliphatic carbocycles. The first-order valence-electron chi connectivity index (χ1n) is 5.67. The molecule has 2 N–H and O–H groups in total. The molecule has 1 aromatic rings. The normalized spacial score (nSPS) is 12.5. The summed E-state index contributed by atoms with van der Waals surface area (Å²) in [4.78, 5) is 11.7. The fraction of sp³-hybridized carbons (Fsp3) is 0.462. The molecule has 0 saturated carbocycles. The lowest BCUT2D eigenvalue weighted by atomic mass is 10.0. The molecule has 94 valence electrons. The molecule has 17 heavy (non-hydrogen) atoms. The number of aliphatic hydroxyl groups is 1. The minimum atomic E-state index is -0.193. The average Bonchev–Trinajstić information content (AvgIpc) is 2.25. The first-order chi connectivity index (χ1) is 8.02. The Morgan fingerprint density at radius 3 is 2.71 bits per heavy atom. The van der Waals surface area contributed by atoms with Crippen molar-refractivity contribution < 1.29 is 9.90 Å². The van der Waals surface area contributed by atoms with Crippen LogP contribution in [0.1, 0.15) is 19.4 Å². The van der Waals surface area contributed by atoms with E-state index in [0.29, 0.717) is 5.02 Å². The fourth-order valence-electron chi connectivity index (χ4n) is 1.51. The van der Waals surface area contributed by atoms with Crippen LogP contribution >= 0.6 is 11.6 Å². The fourth-order valence-corrected chi connectivity index (χ4v) is 1.73. The molecule has 0 saturated heterocycles. The number of carbonyl (C=O) groups is 1. The minimum absolute atomic E-state index is 0.0427. The third-order valence-corrected chi connectivity index (χ3v) is 2.84. The van der Waals surface area contributed by atoms with Crippen molar-refractivity contribution in [3.63, 3.8) is 0 Å². The van der Waals surface area contributed by atoms with Crippen LogP contribution in [-0.4, -0.2) is 23.7 Å². The summed E-state index contributed by atoms with van der Waals surface area (Å²) in [6, 6.07) is 7.02. The Labute approximate surface area is 107 Å². The molecule has 0 radical (unpaired) electrons. The number of halogens is 1. The molecule has 3 nitrogen and oxygen atoms in total. The minimum Gasteiger partial charge on any atom is -0.394 e. The number of amides is 1. The zero-order valence-electron chi connectivity index (χ0n) is 10.1. The second-order valence-corrected chi connectivity index (χ2v) is 4.84. The molecular weight excluding hydrogens is 238 g/mol. The number of hydrogen-bond acceptors (Lipinski definition) is 2. The maximum absolute atomic E-state index is 11.7. The van der Waals surface area contributed by atoms with Crippen molar-refractivity contribution in [2.75, 3.05) is 6.61 Å². The van der Waals surface area contributed by atoms with Gasteiger partial charge in [0.05, 0.1) is 19.1 Å². The maximum Gasteiger partial charge on any atom is 0.224 e. The molecular formula is C13H18ClNO2.